The number of imidazole rings is 1. The Labute approximate surface area is 182 Å². The number of alkyl halides is 3. The largest absolute Gasteiger partial charge is 0.436 e. The van der Waals surface area contributed by atoms with Gasteiger partial charge in [-0.1, -0.05) is 12.1 Å². The van der Waals surface area contributed by atoms with Gasteiger partial charge >= 0.3 is 18.0 Å². The number of fused-ring (bicyclic) bond motifs is 1. The third kappa shape index (κ3) is 4.69. The maximum Gasteiger partial charge on any atom is 0.416 e. The number of aromatic nitrogens is 2. The quantitative estimate of drug-likeness (QED) is 0.394. The van der Waals surface area contributed by atoms with Gasteiger partial charge in [-0.2, -0.15) is 18.3 Å². The molecule has 2 aliphatic heterocycles. The average Bonchev–Trinajstić information content (AvgIpc) is 3.24. The summed E-state index contributed by atoms with van der Waals surface area (Å²) in [6, 6.07) is 5.25. The fourth-order valence-electron chi connectivity index (χ4n) is 4.00. The molecule has 0 amide bonds. The van der Waals surface area contributed by atoms with E-state index in [1.165, 1.54) is 18.3 Å². The van der Waals surface area contributed by atoms with Crippen molar-refractivity contribution in [1.29, 1.82) is 0 Å². The van der Waals surface area contributed by atoms with Crippen molar-refractivity contribution in [1.82, 2.24) is 19.5 Å². The van der Waals surface area contributed by atoms with Gasteiger partial charge in [-0.25, -0.2) is 0 Å². The molecule has 1 aromatic carbocycles. The Morgan fingerprint density at radius 2 is 1.91 bits per heavy atom. The lowest BCUT2D eigenvalue weighted by atomic mass is 10.1. The summed E-state index contributed by atoms with van der Waals surface area (Å²) in [5, 5.41) is 17.3. The number of nitro groups is 1. The number of rotatable bonds is 5. The minimum Gasteiger partial charge on any atom is -0.436 e. The zero-order chi connectivity index (χ0) is 23.1. The first kappa shape index (κ1) is 22.1. The molecule has 3 heterocycles. The summed E-state index contributed by atoms with van der Waals surface area (Å²) in [6.07, 6.45) is -2.97. The van der Waals surface area contributed by atoms with Gasteiger partial charge in [-0.05, 0) is 36.5 Å². The van der Waals surface area contributed by atoms with Gasteiger partial charge < -0.3 is 14.9 Å². The van der Waals surface area contributed by atoms with Gasteiger partial charge in [-0.15, -0.1) is 0 Å². The number of piperazine rings is 1. The molecule has 12 heteroatoms. The first-order valence-electron chi connectivity index (χ1n) is 10.1. The van der Waals surface area contributed by atoms with E-state index in [0.29, 0.717) is 37.5 Å². The molecule has 172 valence electrons. The third-order valence-electron chi connectivity index (χ3n) is 5.58. The molecule has 32 heavy (non-hydrogen) atoms. The van der Waals surface area contributed by atoms with E-state index < -0.39 is 22.3 Å². The van der Waals surface area contributed by atoms with Crippen LogP contribution in [0, 0.1) is 10.1 Å². The lowest BCUT2D eigenvalue weighted by Gasteiger charge is -2.37. The Balaban J connectivity index is 1.30. The van der Waals surface area contributed by atoms with Crippen LogP contribution in [0.15, 0.2) is 35.6 Å². The van der Waals surface area contributed by atoms with Crippen molar-refractivity contribution in [3.05, 3.63) is 51.7 Å². The summed E-state index contributed by atoms with van der Waals surface area (Å²) in [7, 11) is 0. The molecule has 0 aliphatic carbocycles. The molecule has 0 bridgehead atoms. The monoisotopic (exact) mass is 452 g/mol. The second kappa shape index (κ2) is 8.08. The van der Waals surface area contributed by atoms with Crippen LogP contribution in [0.25, 0.3) is 0 Å². The highest BCUT2D eigenvalue weighted by atomic mass is 19.4. The molecule has 2 aromatic rings. The summed E-state index contributed by atoms with van der Waals surface area (Å²) in [5.41, 5.74) is 0.0990. The molecule has 1 fully saturated rings. The van der Waals surface area contributed by atoms with Crippen LogP contribution in [-0.4, -0.2) is 68.4 Å². The standard InChI is InChI=1S/C20H23F3N6O3/c1-14(15-3-5-16(6-4-15)20(21,22)23)25-28-9-7-26(8-10-28)12-19(2)13-27-11-17(29(30)31)24-18(27)32-19/h3-6,11H,7-10,12-13H2,1-2H3/t19-/m0/s1. The Hall–Kier alpha value is -3.15. The number of hydrogen-bond donors (Lipinski definition) is 0. The van der Waals surface area contributed by atoms with Crippen molar-refractivity contribution in [2.24, 2.45) is 5.10 Å². The topological polar surface area (TPSA) is 89.0 Å². The highest BCUT2D eigenvalue weighted by Crippen LogP contribution is 2.32. The van der Waals surface area contributed by atoms with Gasteiger partial charge in [0.2, 0.25) is 0 Å². The average molecular weight is 452 g/mol. The molecule has 1 aromatic heterocycles. The van der Waals surface area contributed by atoms with Crippen LogP contribution in [0.1, 0.15) is 25.0 Å². The van der Waals surface area contributed by atoms with Gasteiger partial charge in [-0.3, -0.25) is 14.5 Å². The maximum atomic E-state index is 12.7. The molecule has 1 saturated heterocycles. The van der Waals surface area contributed by atoms with E-state index in [4.69, 9.17) is 4.74 Å². The van der Waals surface area contributed by atoms with Crippen molar-refractivity contribution in [2.75, 3.05) is 32.7 Å². The third-order valence-corrected chi connectivity index (χ3v) is 5.58. The first-order chi connectivity index (χ1) is 15.0. The number of nitrogens with zero attached hydrogens (tertiary/aromatic N) is 6. The minimum atomic E-state index is -4.35. The van der Waals surface area contributed by atoms with Crippen LogP contribution in [0.3, 0.4) is 0 Å². The molecule has 9 nitrogen and oxygen atoms in total. The number of hydrogen-bond acceptors (Lipinski definition) is 7. The molecule has 0 N–H and O–H groups in total. The van der Waals surface area contributed by atoms with Crippen molar-refractivity contribution >= 4 is 11.5 Å². The summed E-state index contributed by atoms with van der Waals surface area (Å²) in [5.74, 6) is -0.225. The molecular formula is C20H23F3N6O3. The van der Waals surface area contributed by atoms with Crippen LogP contribution in [0.4, 0.5) is 19.0 Å². The van der Waals surface area contributed by atoms with Crippen molar-refractivity contribution < 1.29 is 22.8 Å². The van der Waals surface area contributed by atoms with Crippen LogP contribution >= 0.6 is 0 Å². The molecular weight excluding hydrogens is 429 g/mol. The van der Waals surface area contributed by atoms with E-state index in [0.717, 1.165) is 25.2 Å². The molecule has 0 saturated carbocycles. The summed E-state index contributed by atoms with van der Waals surface area (Å²) in [4.78, 5) is 16.4. The fourth-order valence-corrected chi connectivity index (χ4v) is 4.00. The van der Waals surface area contributed by atoms with Crippen LogP contribution < -0.4 is 4.74 Å². The molecule has 4 rings (SSSR count). The summed E-state index contributed by atoms with van der Waals surface area (Å²) < 4.78 is 45.7. The van der Waals surface area contributed by atoms with E-state index in [2.05, 4.69) is 15.0 Å². The Bertz CT molecular complexity index is 1000. The van der Waals surface area contributed by atoms with Gasteiger partial charge in [0, 0.05) is 37.7 Å². The molecule has 0 radical (unpaired) electrons. The van der Waals surface area contributed by atoms with E-state index in [1.807, 2.05) is 11.9 Å². The van der Waals surface area contributed by atoms with Crippen LogP contribution in [-0.2, 0) is 12.7 Å². The van der Waals surface area contributed by atoms with Gasteiger partial charge in [0.25, 0.3) is 0 Å². The van der Waals surface area contributed by atoms with E-state index >= 15 is 0 Å². The summed E-state index contributed by atoms with van der Waals surface area (Å²) in [6.45, 7) is 7.68. The van der Waals surface area contributed by atoms with Gasteiger partial charge in [0.05, 0.1) is 17.8 Å². The van der Waals surface area contributed by atoms with Crippen molar-refractivity contribution in [2.45, 2.75) is 32.2 Å². The van der Waals surface area contributed by atoms with Crippen LogP contribution in [0.5, 0.6) is 6.01 Å². The molecule has 1 atom stereocenters. The number of ether oxygens (including phenoxy) is 1. The lowest BCUT2D eigenvalue weighted by Crippen LogP contribution is -2.51. The number of halogens is 3. The van der Waals surface area contributed by atoms with E-state index in [-0.39, 0.29) is 11.8 Å². The Morgan fingerprint density at radius 3 is 2.47 bits per heavy atom. The fraction of sp³-hybridized carbons (Fsp3) is 0.500. The molecule has 2 aliphatic rings. The molecule has 0 spiro atoms. The zero-order valence-corrected chi connectivity index (χ0v) is 17.7. The number of hydrazone groups is 1. The predicted molar refractivity (Wildman–Crippen MR) is 110 cm³/mol. The highest BCUT2D eigenvalue weighted by Gasteiger charge is 2.41. The minimum absolute atomic E-state index is 0.225. The SMILES string of the molecule is CC(=NN1CCN(C[C@@]2(C)Cn3cc([N+](=O)[O-])nc3O2)CC1)c1ccc(C(F)(F)F)cc1. The van der Waals surface area contributed by atoms with Crippen LogP contribution in [0.2, 0.25) is 0 Å². The first-order valence-corrected chi connectivity index (χ1v) is 10.1. The number of benzene rings is 1. The van der Waals surface area contributed by atoms with E-state index in [9.17, 15) is 23.3 Å². The summed E-state index contributed by atoms with van der Waals surface area (Å²) >= 11 is 0. The second-order valence-corrected chi connectivity index (χ2v) is 8.31. The zero-order valence-electron chi connectivity index (χ0n) is 17.7. The van der Waals surface area contributed by atoms with E-state index in [1.54, 1.807) is 11.5 Å². The maximum absolute atomic E-state index is 12.7. The molecule has 0 unspecified atom stereocenters. The van der Waals surface area contributed by atoms with Gasteiger partial charge in [0.15, 0.2) is 0 Å². The predicted octanol–water partition coefficient (Wildman–Crippen LogP) is 3.00. The second-order valence-electron chi connectivity index (χ2n) is 8.31. The van der Waals surface area contributed by atoms with Gasteiger partial charge in [0.1, 0.15) is 11.8 Å². The Kier molecular flexibility index (Phi) is 5.57. The smallest absolute Gasteiger partial charge is 0.416 e. The van der Waals surface area contributed by atoms with Crippen molar-refractivity contribution in [3.8, 4) is 6.01 Å². The highest BCUT2D eigenvalue weighted by molar-refractivity contribution is 5.98. The normalized spacial score (nSPS) is 22.0. The Morgan fingerprint density at radius 1 is 1.25 bits per heavy atom. The lowest BCUT2D eigenvalue weighted by molar-refractivity contribution is -0.389. The van der Waals surface area contributed by atoms with Crippen molar-refractivity contribution in [3.63, 3.8) is 0 Å².